The highest BCUT2D eigenvalue weighted by molar-refractivity contribution is 6.33. The number of rotatable bonds is 3. The highest BCUT2D eigenvalue weighted by Gasteiger charge is 2.06. The standard InChI is InChI=1S/C12H14ClN3/c1-2-6-16-7-5-15-12(16)9-3-4-10(13)11(14)8-9/h3-5,7-8H,2,6,14H2,1H3. The molecule has 0 aliphatic carbocycles. The summed E-state index contributed by atoms with van der Waals surface area (Å²) in [6, 6.07) is 5.60. The molecule has 0 amide bonds. The molecule has 3 nitrogen and oxygen atoms in total. The molecule has 0 fully saturated rings. The van der Waals surface area contributed by atoms with Gasteiger partial charge in [-0.3, -0.25) is 0 Å². The number of hydrogen-bond acceptors (Lipinski definition) is 2. The third kappa shape index (κ3) is 2.04. The van der Waals surface area contributed by atoms with Crippen molar-refractivity contribution in [1.82, 2.24) is 9.55 Å². The lowest BCUT2D eigenvalue weighted by Crippen LogP contribution is -1.98. The summed E-state index contributed by atoms with van der Waals surface area (Å²) in [5.74, 6) is 0.935. The quantitative estimate of drug-likeness (QED) is 0.831. The van der Waals surface area contributed by atoms with Crippen molar-refractivity contribution in [3.8, 4) is 11.4 Å². The van der Waals surface area contributed by atoms with Crippen molar-refractivity contribution >= 4 is 17.3 Å². The van der Waals surface area contributed by atoms with E-state index in [4.69, 9.17) is 17.3 Å². The number of anilines is 1. The third-order valence-electron chi connectivity index (χ3n) is 2.43. The Morgan fingerprint density at radius 3 is 2.94 bits per heavy atom. The first-order valence-corrected chi connectivity index (χ1v) is 5.66. The van der Waals surface area contributed by atoms with E-state index < -0.39 is 0 Å². The van der Waals surface area contributed by atoms with E-state index in [0.29, 0.717) is 10.7 Å². The monoisotopic (exact) mass is 235 g/mol. The number of hydrogen-bond donors (Lipinski definition) is 1. The number of halogens is 1. The molecule has 1 aromatic heterocycles. The molecule has 2 N–H and O–H groups in total. The maximum atomic E-state index is 5.89. The van der Waals surface area contributed by atoms with E-state index in [2.05, 4.69) is 16.5 Å². The number of nitrogens with zero attached hydrogens (tertiary/aromatic N) is 2. The van der Waals surface area contributed by atoms with E-state index >= 15 is 0 Å². The Labute approximate surface area is 99.9 Å². The average molecular weight is 236 g/mol. The minimum atomic E-state index is 0.581. The second-order valence-electron chi connectivity index (χ2n) is 3.68. The molecule has 1 aromatic carbocycles. The van der Waals surface area contributed by atoms with Gasteiger partial charge in [-0.1, -0.05) is 18.5 Å². The van der Waals surface area contributed by atoms with Crippen LogP contribution in [0, 0.1) is 0 Å². The first-order chi connectivity index (χ1) is 7.72. The summed E-state index contributed by atoms with van der Waals surface area (Å²) in [4.78, 5) is 4.34. The van der Waals surface area contributed by atoms with Gasteiger partial charge in [0.15, 0.2) is 0 Å². The number of benzene rings is 1. The fourth-order valence-electron chi connectivity index (χ4n) is 1.67. The van der Waals surface area contributed by atoms with Gasteiger partial charge in [0.1, 0.15) is 5.82 Å². The van der Waals surface area contributed by atoms with Crippen LogP contribution >= 0.6 is 11.6 Å². The maximum Gasteiger partial charge on any atom is 0.139 e. The second kappa shape index (κ2) is 4.58. The van der Waals surface area contributed by atoms with Gasteiger partial charge in [-0.25, -0.2) is 4.98 Å². The molecule has 0 atom stereocenters. The van der Waals surface area contributed by atoms with Crippen LogP contribution in [0.4, 0.5) is 5.69 Å². The predicted molar refractivity (Wildman–Crippen MR) is 67.4 cm³/mol. The summed E-state index contributed by atoms with van der Waals surface area (Å²) in [5.41, 5.74) is 7.37. The van der Waals surface area contributed by atoms with Crippen molar-refractivity contribution in [3.63, 3.8) is 0 Å². The molecule has 16 heavy (non-hydrogen) atoms. The Bertz CT molecular complexity index is 491. The van der Waals surface area contributed by atoms with Crippen LogP contribution in [-0.4, -0.2) is 9.55 Å². The first-order valence-electron chi connectivity index (χ1n) is 5.29. The van der Waals surface area contributed by atoms with Crippen molar-refractivity contribution in [3.05, 3.63) is 35.6 Å². The number of nitrogens with two attached hydrogens (primary N) is 1. The zero-order valence-corrected chi connectivity index (χ0v) is 9.91. The first kappa shape index (κ1) is 11.0. The molecular weight excluding hydrogens is 222 g/mol. The Balaban J connectivity index is 2.42. The molecule has 0 unspecified atom stereocenters. The Hall–Kier alpha value is -1.48. The summed E-state index contributed by atoms with van der Waals surface area (Å²) in [6.07, 6.45) is 4.85. The highest BCUT2D eigenvalue weighted by Crippen LogP contribution is 2.25. The Kier molecular flexibility index (Phi) is 3.15. The predicted octanol–water partition coefficient (Wildman–Crippen LogP) is 3.20. The van der Waals surface area contributed by atoms with E-state index in [9.17, 15) is 0 Å². The molecule has 0 saturated carbocycles. The van der Waals surface area contributed by atoms with Crippen molar-refractivity contribution in [2.24, 2.45) is 0 Å². The van der Waals surface area contributed by atoms with Crippen LogP contribution in [-0.2, 0) is 6.54 Å². The molecule has 0 spiro atoms. The third-order valence-corrected chi connectivity index (χ3v) is 2.78. The molecule has 2 aromatic rings. The second-order valence-corrected chi connectivity index (χ2v) is 4.09. The Morgan fingerprint density at radius 1 is 1.44 bits per heavy atom. The van der Waals surface area contributed by atoms with Crippen molar-refractivity contribution < 1.29 is 0 Å². The number of aryl methyl sites for hydroxylation is 1. The zero-order chi connectivity index (χ0) is 11.5. The fraction of sp³-hybridized carbons (Fsp3) is 0.250. The van der Waals surface area contributed by atoms with Crippen LogP contribution in [0.5, 0.6) is 0 Å². The topological polar surface area (TPSA) is 43.8 Å². The maximum absolute atomic E-state index is 5.89. The van der Waals surface area contributed by atoms with Crippen LogP contribution in [0.2, 0.25) is 5.02 Å². The number of imidazole rings is 1. The molecule has 0 radical (unpaired) electrons. The lowest BCUT2D eigenvalue weighted by Gasteiger charge is -2.07. The van der Waals surface area contributed by atoms with Gasteiger partial charge in [-0.2, -0.15) is 0 Å². The summed E-state index contributed by atoms with van der Waals surface area (Å²) in [5, 5.41) is 0.581. The zero-order valence-electron chi connectivity index (χ0n) is 9.15. The van der Waals surface area contributed by atoms with Gasteiger partial charge in [0, 0.05) is 24.5 Å². The lowest BCUT2D eigenvalue weighted by atomic mass is 10.2. The fourth-order valence-corrected chi connectivity index (χ4v) is 1.79. The van der Waals surface area contributed by atoms with E-state index in [0.717, 1.165) is 24.4 Å². The Morgan fingerprint density at radius 2 is 2.25 bits per heavy atom. The smallest absolute Gasteiger partial charge is 0.139 e. The molecule has 1 heterocycles. The number of aromatic nitrogens is 2. The van der Waals surface area contributed by atoms with Crippen molar-refractivity contribution in [2.75, 3.05) is 5.73 Å². The van der Waals surface area contributed by atoms with Gasteiger partial charge in [0.05, 0.1) is 10.7 Å². The van der Waals surface area contributed by atoms with Gasteiger partial charge in [-0.05, 0) is 24.6 Å². The summed E-state index contributed by atoms with van der Waals surface area (Å²) in [6.45, 7) is 3.10. The van der Waals surface area contributed by atoms with Crippen molar-refractivity contribution in [1.29, 1.82) is 0 Å². The van der Waals surface area contributed by atoms with E-state index in [1.165, 1.54) is 0 Å². The van der Waals surface area contributed by atoms with E-state index in [1.807, 2.05) is 18.3 Å². The minimum Gasteiger partial charge on any atom is -0.398 e. The molecule has 0 saturated heterocycles. The van der Waals surface area contributed by atoms with Gasteiger partial charge < -0.3 is 10.3 Å². The van der Waals surface area contributed by atoms with E-state index in [-0.39, 0.29) is 0 Å². The molecule has 84 valence electrons. The van der Waals surface area contributed by atoms with Gasteiger partial charge in [0.25, 0.3) is 0 Å². The summed E-state index contributed by atoms with van der Waals surface area (Å²) in [7, 11) is 0. The average Bonchev–Trinajstić information content (AvgIpc) is 2.71. The van der Waals surface area contributed by atoms with Crippen LogP contribution in [0.25, 0.3) is 11.4 Å². The lowest BCUT2D eigenvalue weighted by molar-refractivity contribution is 0.685. The summed E-state index contributed by atoms with van der Waals surface area (Å²) >= 11 is 5.89. The van der Waals surface area contributed by atoms with Crippen molar-refractivity contribution in [2.45, 2.75) is 19.9 Å². The largest absolute Gasteiger partial charge is 0.398 e. The molecule has 0 aliphatic rings. The van der Waals surface area contributed by atoms with Gasteiger partial charge >= 0.3 is 0 Å². The van der Waals surface area contributed by atoms with E-state index in [1.54, 1.807) is 12.3 Å². The molecular formula is C12H14ClN3. The van der Waals surface area contributed by atoms with Crippen LogP contribution < -0.4 is 5.73 Å². The van der Waals surface area contributed by atoms with Crippen LogP contribution in [0.3, 0.4) is 0 Å². The molecule has 2 rings (SSSR count). The van der Waals surface area contributed by atoms with Crippen LogP contribution in [0.1, 0.15) is 13.3 Å². The SMILES string of the molecule is CCCn1ccnc1-c1ccc(Cl)c(N)c1. The highest BCUT2D eigenvalue weighted by atomic mass is 35.5. The normalized spacial score (nSPS) is 10.6. The van der Waals surface area contributed by atoms with Gasteiger partial charge in [0.2, 0.25) is 0 Å². The number of nitrogen functional groups attached to an aromatic ring is 1. The summed E-state index contributed by atoms with van der Waals surface area (Å²) < 4.78 is 2.11. The molecule has 0 bridgehead atoms. The molecule has 4 heteroatoms. The molecule has 0 aliphatic heterocycles. The van der Waals surface area contributed by atoms with Gasteiger partial charge in [-0.15, -0.1) is 0 Å². The minimum absolute atomic E-state index is 0.581. The van der Waals surface area contributed by atoms with Crippen LogP contribution in [0.15, 0.2) is 30.6 Å².